The van der Waals surface area contributed by atoms with Gasteiger partial charge in [-0.1, -0.05) is 18.2 Å². The zero-order valence-electron chi connectivity index (χ0n) is 14.1. The van der Waals surface area contributed by atoms with Crippen LogP contribution in [0, 0.1) is 0 Å². The first-order valence-corrected chi connectivity index (χ1v) is 9.90. The molecule has 2 aliphatic rings. The Labute approximate surface area is 143 Å². The summed E-state index contributed by atoms with van der Waals surface area (Å²) in [4.78, 5) is 2.34. The maximum absolute atomic E-state index is 14.3. The molecular weight excluding hydrogens is 331 g/mol. The van der Waals surface area contributed by atoms with Crippen molar-refractivity contribution in [3.05, 3.63) is 29.8 Å². The molecule has 1 unspecified atom stereocenters. The predicted octanol–water partition coefficient (Wildman–Crippen LogP) is 2.03. The monoisotopic (exact) mass is 356 g/mol. The molecule has 24 heavy (non-hydrogen) atoms. The topological polar surface area (TPSA) is 49.9 Å². The average molecular weight is 356 g/mol. The molecule has 5 nitrogen and oxygen atoms in total. The number of piperidine rings is 1. The molecule has 2 heterocycles. The van der Waals surface area contributed by atoms with Crippen molar-refractivity contribution in [2.75, 3.05) is 39.4 Å². The van der Waals surface area contributed by atoms with E-state index in [1.54, 1.807) is 19.1 Å². The average Bonchev–Trinajstić information content (AvgIpc) is 2.55. The van der Waals surface area contributed by atoms with Gasteiger partial charge in [-0.3, -0.25) is 4.90 Å². The number of likely N-dealkylation sites (tertiary alicyclic amines) is 1. The molecule has 0 amide bonds. The molecule has 1 atom stereocenters. The Hall–Kier alpha value is -1.02. The molecule has 134 valence electrons. The third kappa shape index (κ3) is 3.96. The zero-order chi connectivity index (χ0) is 17.2. The van der Waals surface area contributed by atoms with E-state index in [4.69, 9.17) is 4.74 Å². The summed E-state index contributed by atoms with van der Waals surface area (Å²) in [6, 6.07) is 7.06. The van der Waals surface area contributed by atoms with Crippen LogP contribution < -0.4 is 0 Å². The van der Waals surface area contributed by atoms with Crippen molar-refractivity contribution in [3.63, 3.8) is 0 Å². The van der Waals surface area contributed by atoms with Crippen LogP contribution in [0.1, 0.15) is 25.3 Å². The first kappa shape index (κ1) is 17.8. The molecule has 7 heteroatoms. The van der Waals surface area contributed by atoms with E-state index >= 15 is 0 Å². The second kappa shape index (κ2) is 7.07. The molecule has 0 aliphatic carbocycles. The number of halogens is 1. The normalized spacial score (nSPS) is 27.2. The molecule has 1 aromatic carbocycles. The van der Waals surface area contributed by atoms with Gasteiger partial charge in [-0.2, -0.15) is 4.31 Å². The van der Waals surface area contributed by atoms with Crippen molar-refractivity contribution in [1.82, 2.24) is 9.21 Å². The van der Waals surface area contributed by atoms with Gasteiger partial charge in [-0.15, -0.1) is 0 Å². The van der Waals surface area contributed by atoms with Gasteiger partial charge in [0.15, 0.2) is 0 Å². The van der Waals surface area contributed by atoms with Crippen molar-refractivity contribution < 1.29 is 17.5 Å². The summed E-state index contributed by atoms with van der Waals surface area (Å²) in [5, 5.41) is 0. The third-order valence-electron chi connectivity index (χ3n) is 4.68. The Bertz CT molecular complexity index is 672. The minimum absolute atomic E-state index is 0.332. The molecule has 3 rings (SSSR count). The molecule has 0 spiro atoms. The van der Waals surface area contributed by atoms with Gasteiger partial charge in [0.2, 0.25) is 10.0 Å². The predicted molar refractivity (Wildman–Crippen MR) is 90.0 cm³/mol. The van der Waals surface area contributed by atoms with Gasteiger partial charge >= 0.3 is 0 Å². The first-order chi connectivity index (χ1) is 11.4. The van der Waals surface area contributed by atoms with Gasteiger partial charge in [0.05, 0.1) is 18.1 Å². The van der Waals surface area contributed by atoms with Crippen molar-refractivity contribution in [3.8, 4) is 0 Å². The summed E-state index contributed by atoms with van der Waals surface area (Å²) in [6.07, 6.45) is 1.36. The number of alkyl halides is 1. The fourth-order valence-electron chi connectivity index (χ4n) is 3.48. The number of morpholine rings is 1. The lowest BCUT2D eigenvalue weighted by molar-refractivity contribution is 0.0558. The second-order valence-electron chi connectivity index (χ2n) is 6.85. The molecule has 0 saturated carbocycles. The number of nitrogens with zero attached hydrogens (tertiary/aromatic N) is 2. The molecule has 0 aromatic heterocycles. The van der Waals surface area contributed by atoms with E-state index in [0.29, 0.717) is 50.7 Å². The van der Waals surface area contributed by atoms with Crippen LogP contribution in [0.2, 0.25) is 0 Å². The summed E-state index contributed by atoms with van der Waals surface area (Å²) in [5.74, 6) is 0. The van der Waals surface area contributed by atoms with Gasteiger partial charge < -0.3 is 4.74 Å². The van der Waals surface area contributed by atoms with E-state index in [0.717, 1.165) is 18.5 Å². The highest BCUT2D eigenvalue weighted by Crippen LogP contribution is 2.28. The van der Waals surface area contributed by atoms with Gasteiger partial charge in [0, 0.05) is 26.2 Å². The summed E-state index contributed by atoms with van der Waals surface area (Å²) in [5.41, 5.74) is -0.460. The Morgan fingerprint density at radius 1 is 1.21 bits per heavy atom. The van der Waals surface area contributed by atoms with Crippen molar-refractivity contribution in [2.24, 2.45) is 0 Å². The maximum Gasteiger partial charge on any atom is 0.243 e. The van der Waals surface area contributed by atoms with Crippen LogP contribution in [0.4, 0.5) is 4.39 Å². The molecule has 0 N–H and O–H groups in total. The fourth-order valence-corrected chi connectivity index (χ4v) is 5.11. The number of benzene rings is 1. The van der Waals surface area contributed by atoms with Gasteiger partial charge in [-0.05, 0) is 37.9 Å². The third-order valence-corrected chi connectivity index (χ3v) is 6.68. The summed E-state index contributed by atoms with van der Waals surface area (Å²) >= 11 is 0. The minimum Gasteiger partial charge on any atom is -0.379 e. The minimum atomic E-state index is -3.54. The fraction of sp³-hybridized carbons (Fsp3) is 0.647. The number of sulfonamides is 1. The summed E-state index contributed by atoms with van der Waals surface area (Å²) < 4.78 is 46.9. The van der Waals surface area contributed by atoms with E-state index in [1.807, 2.05) is 17.0 Å². The van der Waals surface area contributed by atoms with Gasteiger partial charge in [0.25, 0.3) is 0 Å². The van der Waals surface area contributed by atoms with E-state index in [2.05, 4.69) is 0 Å². The molecule has 0 bridgehead atoms. The van der Waals surface area contributed by atoms with Gasteiger partial charge in [-0.25, -0.2) is 12.8 Å². The molecular formula is C17H25FN2O3S. The smallest absolute Gasteiger partial charge is 0.243 e. The number of hydrogen-bond donors (Lipinski definition) is 0. The Kier molecular flexibility index (Phi) is 5.24. The Morgan fingerprint density at radius 3 is 2.62 bits per heavy atom. The van der Waals surface area contributed by atoms with Crippen LogP contribution in [-0.4, -0.2) is 62.7 Å². The number of ether oxygens (including phenoxy) is 1. The van der Waals surface area contributed by atoms with E-state index in [-0.39, 0.29) is 0 Å². The maximum atomic E-state index is 14.3. The van der Waals surface area contributed by atoms with Crippen molar-refractivity contribution >= 4 is 10.0 Å². The lowest BCUT2D eigenvalue weighted by atomic mass is 9.96. The van der Waals surface area contributed by atoms with Crippen LogP contribution in [0.3, 0.4) is 0 Å². The Morgan fingerprint density at radius 2 is 1.92 bits per heavy atom. The zero-order valence-corrected chi connectivity index (χ0v) is 14.9. The quantitative estimate of drug-likeness (QED) is 0.828. The van der Waals surface area contributed by atoms with E-state index in [9.17, 15) is 12.8 Å². The summed E-state index contributed by atoms with van der Waals surface area (Å²) in [6.45, 7) is 4.83. The molecule has 2 aliphatic heterocycles. The molecule has 2 saturated heterocycles. The van der Waals surface area contributed by atoms with Crippen LogP contribution in [0.5, 0.6) is 0 Å². The molecule has 0 radical (unpaired) electrons. The summed E-state index contributed by atoms with van der Waals surface area (Å²) in [7, 11) is -3.54. The molecule has 2 fully saturated rings. The van der Waals surface area contributed by atoms with Crippen LogP contribution in [0.15, 0.2) is 29.2 Å². The van der Waals surface area contributed by atoms with Crippen LogP contribution in [0.25, 0.3) is 0 Å². The van der Waals surface area contributed by atoms with Crippen molar-refractivity contribution in [2.45, 2.75) is 36.9 Å². The number of hydrogen-bond acceptors (Lipinski definition) is 4. The van der Waals surface area contributed by atoms with Crippen LogP contribution in [-0.2, 0) is 21.3 Å². The largest absolute Gasteiger partial charge is 0.379 e. The van der Waals surface area contributed by atoms with E-state index < -0.39 is 15.7 Å². The van der Waals surface area contributed by atoms with E-state index in [1.165, 1.54) is 4.31 Å². The SMILES string of the molecule is CC1(F)CCCN(Cc2ccccc2S(=O)(=O)N2CCOCC2)C1. The standard InChI is InChI=1S/C17H25FN2O3S/c1-17(18)7-4-8-19(14-17)13-15-5-2-3-6-16(15)24(21,22)20-9-11-23-12-10-20/h2-3,5-6H,4,7-14H2,1H3. The first-order valence-electron chi connectivity index (χ1n) is 8.46. The Balaban J connectivity index is 1.82. The van der Waals surface area contributed by atoms with Crippen LogP contribution >= 0.6 is 0 Å². The lowest BCUT2D eigenvalue weighted by Gasteiger charge is -2.35. The second-order valence-corrected chi connectivity index (χ2v) is 8.76. The van der Waals surface area contributed by atoms with Crippen molar-refractivity contribution in [1.29, 1.82) is 0 Å². The highest BCUT2D eigenvalue weighted by atomic mass is 32.2. The molecule has 1 aromatic rings. The lowest BCUT2D eigenvalue weighted by Crippen LogP contribution is -2.43. The highest BCUT2D eigenvalue weighted by molar-refractivity contribution is 7.89. The highest BCUT2D eigenvalue weighted by Gasteiger charge is 2.32. The van der Waals surface area contributed by atoms with Gasteiger partial charge in [0.1, 0.15) is 5.67 Å². The number of rotatable bonds is 4.